The molecule has 2 amide bonds. The van der Waals surface area contributed by atoms with Crippen LogP contribution in [-0.2, 0) is 9.53 Å². The molecule has 1 fully saturated rings. The fourth-order valence-corrected chi connectivity index (χ4v) is 5.69. The van der Waals surface area contributed by atoms with Crippen LogP contribution in [0.4, 0.5) is 5.13 Å². The van der Waals surface area contributed by atoms with Crippen molar-refractivity contribution >= 4 is 51.4 Å². The number of thiazole rings is 2. The van der Waals surface area contributed by atoms with E-state index < -0.39 is 11.9 Å². The standard InChI is InChI=1S/C26H28N4O6S2/c1-3-36-25(34)20-15-38-26(28-20)29-23(33)19-14-37-24(27-19)17-10-12-30(13-11-17)22(32)9-8-21(31)16-4-6-18(35-2)7-5-16/h4-7,14-15,17H,3,8-13H2,1-2H3,(H,28,29,33). The lowest BCUT2D eigenvalue weighted by Crippen LogP contribution is -2.38. The van der Waals surface area contributed by atoms with E-state index in [-0.39, 0.29) is 48.4 Å². The molecule has 3 heterocycles. The molecule has 1 aliphatic heterocycles. The fraction of sp³-hybridized carbons (Fsp3) is 0.385. The van der Waals surface area contributed by atoms with Crippen LogP contribution in [0.15, 0.2) is 35.0 Å². The number of benzene rings is 1. The number of carbonyl (C=O) groups excluding carboxylic acids is 4. The summed E-state index contributed by atoms with van der Waals surface area (Å²) in [6, 6.07) is 6.87. The van der Waals surface area contributed by atoms with E-state index in [9.17, 15) is 19.2 Å². The van der Waals surface area contributed by atoms with Crippen molar-refractivity contribution in [2.45, 2.75) is 38.5 Å². The minimum Gasteiger partial charge on any atom is -0.497 e. The minimum atomic E-state index is -0.533. The second kappa shape index (κ2) is 12.7. The molecule has 0 saturated carbocycles. The summed E-state index contributed by atoms with van der Waals surface area (Å²) in [5, 5.41) is 7.05. The van der Waals surface area contributed by atoms with Crippen molar-refractivity contribution in [3.05, 3.63) is 57.0 Å². The first-order valence-corrected chi connectivity index (χ1v) is 14.0. The van der Waals surface area contributed by atoms with Gasteiger partial charge >= 0.3 is 5.97 Å². The number of aromatic nitrogens is 2. The number of hydrogen-bond acceptors (Lipinski definition) is 10. The lowest BCUT2D eigenvalue weighted by molar-refractivity contribution is -0.132. The number of piperidine rings is 1. The second-order valence-electron chi connectivity index (χ2n) is 8.59. The quantitative estimate of drug-likeness (QED) is 0.287. The van der Waals surface area contributed by atoms with E-state index in [1.54, 1.807) is 48.6 Å². The van der Waals surface area contributed by atoms with Gasteiger partial charge in [-0.25, -0.2) is 14.8 Å². The Morgan fingerprint density at radius 2 is 1.71 bits per heavy atom. The highest BCUT2D eigenvalue weighted by Crippen LogP contribution is 2.31. The van der Waals surface area contributed by atoms with Gasteiger partial charge in [0.2, 0.25) is 5.91 Å². The van der Waals surface area contributed by atoms with Gasteiger partial charge in [-0.3, -0.25) is 19.7 Å². The van der Waals surface area contributed by atoms with E-state index in [0.717, 1.165) is 29.2 Å². The number of Topliss-reactive ketones (excluding diaryl/α,β-unsaturated/α-hetero) is 1. The van der Waals surface area contributed by atoms with Crippen molar-refractivity contribution in [1.29, 1.82) is 0 Å². The zero-order valence-corrected chi connectivity index (χ0v) is 22.7. The van der Waals surface area contributed by atoms with Crippen LogP contribution in [0.3, 0.4) is 0 Å². The van der Waals surface area contributed by atoms with Crippen LogP contribution in [0.5, 0.6) is 5.75 Å². The molecule has 0 atom stereocenters. The molecule has 1 N–H and O–H groups in total. The normalized spacial score (nSPS) is 13.7. The number of likely N-dealkylation sites (tertiary alicyclic amines) is 1. The maximum absolute atomic E-state index is 12.7. The van der Waals surface area contributed by atoms with Gasteiger partial charge in [0, 0.05) is 48.2 Å². The van der Waals surface area contributed by atoms with Crippen molar-refractivity contribution in [3.8, 4) is 5.75 Å². The molecule has 12 heteroatoms. The Balaban J connectivity index is 1.23. The second-order valence-corrected chi connectivity index (χ2v) is 10.3. The van der Waals surface area contributed by atoms with Gasteiger partial charge in [0.25, 0.3) is 5.91 Å². The highest BCUT2D eigenvalue weighted by molar-refractivity contribution is 7.14. The fourth-order valence-electron chi connectivity index (χ4n) is 4.05. The Kier molecular flexibility index (Phi) is 9.19. The predicted octanol–water partition coefficient (Wildman–Crippen LogP) is 4.41. The number of nitrogens with zero attached hydrogens (tertiary/aromatic N) is 3. The van der Waals surface area contributed by atoms with E-state index in [2.05, 4.69) is 15.3 Å². The average Bonchev–Trinajstić information content (AvgIpc) is 3.62. The maximum Gasteiger partial charge on any atom is 0.357 e. The lowest BCUT2D eigenvalue weighted by Gasteiger charge is -2.31. The third-order valence-corrected chi connectivity index (χ3v) is 7.90. The van der Waals surface area contributed by atoms with Gasteiger partial charge in [-0.15, -0.1) is 22.7 Å². The number of nitrogens with one attached hydrogen (secondary N) is 1. The van der Waals surface area contributed by atoms with E-state index in [0.29, 0.717) is 29.5 Å². The van der Waals surface area contributed by atoms with Gasteiger partial charge in [0.05, 0.1) is 18.7 Å². The summed E-state index contributed by atoms with van der Waals surface area (Å²) in [7, 11) is 1.57. The molecular weight excluding hydrogens is 528 g/mol. The number of anilines is 1. The Labute approximate surface area is 228 Å². The molecule has 0 spiro atoms. The highest BCUT2D eigenvalue weighted by Gasteiger charge is 2.27. The van der Waals surface area contributed by atoms with Crippen LogP contribution >= 0.6 is 22.7 Å². The first kappa shape index (κ1) is 27.4. The lowest BCUT2D eigenvalue weighted by atomic mass is 9.97. The molecule has 0 bridgehead atoms. The minimum absolute atomic E-state index is 0.0323. The number of rotatable bonds is 10. The topological polar surface area (TPSA) is 128 Å². The van der Waals surface area contributed by atoms with Crippen LogP contribution < -0.4 is 10.1 Å². The number of ketones is 1. The Hall–Kier alpha value is -3.64. The molecule has 1 saturated heterocycles. The summed E-state index contributed by atoms with van der Waals surface area (Å²) >= 11 is 2.55. The number of ether oxygens (including phenoxy) is 2. The smallest absolute Gasteiger partial charge is 0.357 e. The number of carbonyl (C=O) groups is 4. The molecule has 0 radical (unpaired) electrons. The van der Waals surface area contributed by atoms with Gasteiger partial charge in [-0.2, -0.15) is 0 Å². The molecule has 1 aliphatic rings. The third-order valence-electron chi connectivity index (χ3n) is 6.14. The average molecular weight is 557 g/mol. The SMILES string of the molecule is CCOC(=O)c1csc(NC(=O)c2csc(C3CCN(C(=O)CCC(=O)c4ccc(OC)cc4)CC3)n2)n1. The number of esters is 1. The summed E-state index contributed by atoms with van der Waals surface area (Å²) < 4.78 is 10.0. The Bertz CT molecular complexity index is 1300. The van der Waals surface area contributed by atoms with Crippen LogP contribution in [0.2, 0.25) is 0 Å². The summed E-state index contributed by atoms with van der Waals surface area (Å²) in [5.41, 5.74) is 1.00. The summed E-state index contributed by atoms with van der Waals surface area (Å²) in [5.74, 6) is -0.200. The van der Waals surface area contributed by atoms with Crippen molar-refractivity contribution < 1.29 is 28.7 Å². The summed E-state index contributed by atoms with van der Waals surface area (Å²) in [6.45, 7) is 3.12. The predicted molar refractivity (Wildman–Crippen MR) is 143 cm³/mol. The van der Waals surface area contributed by atoms with Gasteiger partial charge in [-0.05, 0) is 44.0 Å². The Morgan fingerprint density at radius 3 is 2.39 bits per heavy atom. The maximum atomic E-state index is 12.7. The van der Waals surface area contributed by atoms with Crippen LogP contribution in [-0.4, -0.2) is 65.2 Å². The van der Waals surface area contributed by atoms with Crippen LogP contribution in [0.25, 0.3) is 0 Å². The zero-order valence-electron chi connectivity index (χ0n) is 21.1. The molecular formula is C26H28N4O6S2. The van der Waals surface area contributed by atoms with E-state index in [1.165, 1.54) is 16.7 Å². The Morgan fingerprint density at radius 1 is 1.00 bits per heavy atom. The molecule has 38 heavy (non-hydrogen) atoms. The van der Waals surface area contributed by atoms with Gasteiger partial charge in [0.15, 0.2) is 16.6 Å². The van der Waals surface area contributed by atoms with E-state index >= 15 is 0 Å². The van der Waals surface area contributed by atoms with Gasteiger partial charge in [-0.1, -0.05) is 0 Å². The molecule has 10 nitrogen and oxygen atoms in total. The third kappa shape index (κ3) is 6.81. The zero-order chi connectivity index (χ0) is 27.1. The molecule has 0 unspecified atom stereocenters. The van der Waals surface area contributed by atoms with Crippen molar-refractivity contribution in [3.63, 3.8) is 0 Å². The molecule has 0 aliphatic carbocycles. The summed E-state index contributed by atoms with van der Waals surface area (Å²) in [4.78, 5) is 59.9. The van der Waals surface area contributed by atoms with E-state index in [4.69, 9.17) is 9.47 Å². The first-order valence-electron chi connectivity index (χ1n) is 12.2. The monoisotopic (exact) mass is 556 g/mol. The van der Waals surface area contributed by atoms with E-state index in [1.807, 2.05) is 0 Å². The number of amides is 2. The van der Waals surface area contributed by atoms with Gasteiger partial charge in [0.1, 0.15) is 11.4 Å². The molecule has 1 aromatic carbocycles. The molecule has 4 rings (SSSR count). The van der Waals surface area contributed by atoms with Gasteiger partial charge < -0.3 is 14.4 Å². The first-order chi connectivity index (χ1) is 18.4. The van der Waals surface area contributed by atoms with Crippen molar-refractivity contribution in [1.82, 2.24) is 14.9 Å². The summed E-state index contributed by atoms with van der Waals surface area (Å²) in [6.07, 6.45) is 1.81. The molecule has 200 valence electrons. The number of methoxy groups -OCH3 is 1. The van der Waals surface area contributed by atoms with Crippen LogP contribution in [0, 0.1) is 0 Å². The molecule has 2 aromatic heterocycles. The van der Waals surface area contributed by atoms with Crippen LogP contribution in [0.1, 0.15) is 74.9 Å². The largest absolute Gasteiger partial charge is 0.497 e. The van der Waals surface area contributed by atoms with Crippen molar-refractivity contribution in [2.75, 3.05) is 32.1 Å². The number of hydrogen-bond donors (Lipinski definition) is 1. The van der Waals surface area contributed by atoms with Crippen molar-refractivity contribution in [2.24, 2.45) is 0 Å². The highest BCUT2D eigenvalue weighted by atomic mass is 32.1. The molecule has 3 aromatic rings.